The Hall–Kier alpha value is -1.85. The highest BCUT2D eigenvalue weighted by Crippen LogP contribution is 2.22. The van der Waals surface area contributed by atoms with Crippen LogP contribution in [-0.2, 0) is 17.8 Å². The van der Waals surface area contributed by atoms with Crippen LogP contribution in [0.15, 0.2) is 54.6 Å². The first-order chi connectivity index (χ1) is 10.1. The number of phenolic OH excluding ortho intramolecular Hbond substituents is 1. The van der Waals surface area contributed by atoms with Crippen LogP contribution in [0.3, 0.4) is 0 Å². The van der Waals surface area contributed by atoms with Crippen molar-refractivity contribution in [2.24, 2.45) is 0 Å². The maximum atomic E-state index is 11.5. The van der Waals surface area contributed by atoms with Gasteiger partial charge >= 0.3 is 5.97 Å². The average Bonchev–Trinajstić information content (AvgIpc) is 2.48. The van der Waals surface area contributed by atoms with Crippen molar-refractivity contribution in [2.45, 2.75) is 19.0 Å². The molecule has 2 N–H and O–H groups in total. The number of para-hydroxylation sites is 1. The van der Waals surface area contributed by atoms with Crippen LogP contribution >= 0.6 is 16.1 Å². The first-order valence-electron chi connectivity index (χ1n) is 6.54. The highest BCUT2D eigenvalue weighted by atomic mass is 79.9. The molecule has 2 rings (SSSR count). The molecule has 2 aromatic rings. The molecule has 0 aliphatic heterocycles. The number of aromatic hydroxyl groups is 1. The van der Waals surface area contributed by atoms with Gasteiger partial charge in [0.05, 0.1) is 0 Å². The van der Waals surface area contributed by atoms with Gasteiger partial charge in [0.15, 0.2) is 0 Å². The third-order valence-corrected chi connectivity index (χ3v) is 3.95. The van der Waals surface area contributed by atoms with E-state index in [9.17, 15) is 15.0 Å². The predicted octanol–water partition coefficient (Wildman–Crippen LogP) is 3.20. The van der Waals surface area contributed by atoms with Crippen molar-refractivity contribution in [3.63, 3.8) is 0 Å². The zero-order valence-corrected chi connectivity index (χ0v) is 12.9. The van der Waals surface area contributed by atoms with E-state index in [4.69, 9.17) is 0 Å². The van der Waals surface area contributed by atoms with Gasteiger partial charge in [-0.1, -0.05) is 48.5 Å². The number of phenols is 1. The van der Waals surface area contributed by atoms with Crippen molar-refractivity contribution in [3.8, 4) is 5.75 Å². The molecule has 0 spiro atoms. The van der Waals surface area contributed by atoms with Crippen LogP contribution in [0.25, 0.3) is 0 Å². The van der Waals surface area contributed by atoms with E-state index in [0.717, 1.165) is 5.56 Å². The third kappa shape index (κ3) is 4.31. The molecule has 0 aromatic heterocycles. The second-order valence-corrected chi connectivity index (χ2v) is 5.64. The molecule has 4 nitrogen and oxygen atoms in total. The van der Waals surface area contributed by atoms with Crippen molar-refractivity contribution < 1.29 is 15.0 Å². The second-order valence-electron chi connectivity index (χ2n) is 4.73. The summed E-state index contributed by atoms with van der Waals surface area (Å²) in [6.45, 7) is 0.302. The fourth-order valence-electron chi connectivity index (χ4n) is 2.06. The fraction of sp³-hybridized carbons (Fsp3) is 0.188. The molecule has 110 valence electrons. The normalized spacial score (nSPS) is 12.3. The van der Waals surface area contributed by atoms with Crippen molar-refractivity contribution >= 4 is 22.1 Å². The Labute approximate surface area is 132 Å². The topological polar surface area (TPSA) is 60.8 Å². The van der Waals surface area contributed by atoms with E-state index < -0.39 is 12.0 Å². The van der Waals surface area contributed by atoms with Crippen LogP contribution in [0.2, 0.25) is 0 Å². The number of hydrogen-bond donors (Lipinski definition) is 2. The molecule has 1 atom stereocenters. The van der Waals surface area contributed by atoms with E-state index >= 15 is 0 Å². The number of carboxylic acid groups (broad SMARTS) is 1. The SMILES string of the molecule is O=C(O)C(Cc1ccccc1)N(Br)Cc1ccccc1O. The van der Waals surface area contributed by atoms with Gasteiger partial charge in [0.2, 0.25) is 0 Å². The summed E-state index contributed by atoms with van der Waals surface area (Å²) in [4.78, 5) is 11.5. The molecule has 21 heavy (non-hydrogen) atoms. The van der Waals surface area contributed by atoms with Crippen molar-refractivity contribution in [1.82, 2.24) is 3.93 Å². The zero-order valence-electron chi connectivity index (χ0n) is 11.3. The lowest BCUT2D eigenvalue weighted by molar-refractivity contribution is -0.141. The molecule has 0 amide bonds. The lowest BCUT2D eigenvalue weighted by atomic mass is 10.1. The predicted molar refractivity (Wildman–Crippen MR) is 84.1 cm³/mol. The minimum Gasteiger partial charge on any atom is -0.508 e. The first-order valence-corrected chi connectivity index (χ1v) is 7.25. The molecule has 0 radical (unpaired) electrons. The lowest BCUT2D eigenvalue weighted by Crippen LogP contribution is -2.36. The van der Waals surface area contributed by atoms with E-state index in [0.29, 0.717) is 18.5 Å². The van der Waals surface area contributed by atoms with Crippen LogP contribution < -0.4 is 0 Å². The van der Waals surface area contributed by atoms with Crippen LogP contribution in [0.4, 0.5) is 0 Å². The Kier molecular flexibility index (Phi) is 5.36. The Bertz CT molecular complexity index is 603. The number of aliphatic carboxylic acids is 1. The lowest BCUT2D eigenvalue weighted by Gasteiger charge is -2.22. The van der Waals surface area contributed by atoms with E-state index in [1.165, 1.54) is 0 Å². The molecule has 1 unspecified atom stereocenters. The maximum absolute atomic E-state index is 11.5. The Morgan fingerprint density at radius 3 is 2.33 bits per heavy atom. The molecule has 2 aromatic carbocycles. The van der Waals surface area contributed by atoms with E-state index in [1.807, 2.05) is 36.4 Å². The molecule has 0 saturated carbocycles. The summed E-state index contributed by atoms with van der Waals surface area (Å²) in [5.41, 5.74) is 1.63. The van der Waals surface area contributed by atoms with Gasteiger partial charge < -0.3 is 10.2 Å². The monoisotopic (exact) mass is 349 g/mol. The van der Waals surface area contributed by atoms with Gasteiger partial charge in [-0.15, -0.1) is 0 Å². The number of nitrogens with zero attached hydrogens (tertiary/aromatic N) is 1. The summed E-state index contributed by atoms with van der Waals surface area (Å²) in [5.74, 6) is -0.753. The fourth-order valence-corrected chi connectivity index (χ4v) is 2.65. The molecule has 0 bridgehead atoms. The summed E-state index contributed by atoms with van der Waals surface area (Å²) in [6, 6.07) is 15.6. The van der Waals surface area contributed by atoms with Crippen LogP contribution in [0, 0.1) is 0 Å². The number of rotatable bonds is 6. The molecule has 0 fully saturated rings. The summed E-state index contributed by atoms with van der Waals surface area (Å²) in [5, 5.41) is 19.2. The number of halogens is 1. The van der Waals surface area contributed by atoms with E-state index in [2.05, 4.69) is 16.1 Å². The summed E-state index contributed by atoms with van der Waals surface area (Å²) < 4.78 is 1.55. The second kappa shape index (κ2) is 7.24. The standard InChI is InChI=1S/C16H16BrNO3/c17-18(11-13-8-4-5-9-15(13)19)14(16(20)21)10-12-6-2-1-3-7-12/h1-9,14,19H,10-11H2,(H,20,21). The molecule has 0 saturated heterocycles. The zero-order chi connectivity index (χ0) is 15.2. The van der Waals surface area contributed by atoms with Gasteiger partial charge in [-0.25, -0.2) is 3.93 Å². The molecule has 5 heteroatoms. The average molecular weight is 350 g/mol. The van der Waals surface area contributed by atoms with Crippen molar-refractivity contribution in [1.29, 1.82) is 0 Å². The molecule has 0 aliphatic carbocycles. The number of hydrogen-bond acceptors (Lipinski definition) is 3. The largest absolute Gasteiger partial charge is 0.508 e. The molecular formula is C16H16BrNO3. The summed E-state index contributed by atoms with van der Waals surface area (Å²) in [6.07, 6.45) is 0.384. The summed E-state index contributed by atoms with van der Waals surface area (Å²) in [7, 11) is 0. The summed E-state index contributed by atoms with van der Waals surface area (Å²) >= 11 is 3.31. The molecule has 0 aliphatic rings. The molecular weight excluding hydrogens is 334 g/mol. The van der Waals surface area contributed by atoms with Crippen LogP contribution in [-0.4, -0.2) is 26.2 Å². The van der Waals surface area contributed by atoms with E-state index in [1.54, 1.807) is 22.1 Å². The maximum Gasteiger partial charge on any atom is 0.322 e. The van der Waals surface area contributed by atoms with Crippen LogP contribution in [0.1, 0.15) is 11.1 Å². The minimum atomic E-state index is -0.911. The smallest absolute Gasteiger partial charge is 0.322 e. The minimum absolute atomic E-state index is 0.158. The van der Waals surface area contributed by atoms with Gasteiger partial charge in [-0.2, -0.15) is 0 Å². The van der Waals surface area contributed by atoms with Gasteiger partial charge in [0, 0.05) is 28.3 Å². The Morgan fingerprint density at radius 1 is 1.10 bits per heavy atom. The van der Waals surface area contributed by atoms with Crippen LogP contribution in [0.5, 0.6) is 5.75 Å². The van der Waals surface area contributed by atoms with Crippen molar-refractivity contribution in [2.75, 3.05) is 0 Å². The first kappa shape index (κ1) is 15.5. The Morgan fingerprint density at radius 2 is 1.71 bits per heavy atom. The highest BCUT2D eigenvalue weighted by molar-refractivity contribution is 9.07. The van der Waals surface area contributed by atoms with Gasteiger partial charge in [0.25, 0.3) is 0 Å². The molecule has 0 heterocycles. The van der Waals surface area contributed by atoms with Gasteiger partial charge in [-0.05, 0) is 18.1 Å². The quantitative estimate of drug-likeness (QED) is 0.786. The number of carbonyl (C=O) groups is 1. The highest BCUT2D eigenvalue weighted by Gasteiger charge is 2.25. The number of benzene rings is 2. The number of carboxylic acids is 1. The Balaban J connectivity index is 2.11. The third-order valence-electron chi connectivity index (χ3n) is 3.21. The van der Waals surface area contributed by atoms with E-state index in [-0.39, 0.29) is 5.75 Å². The van der Waals surface area contributed by atoms with Gasteiger partial charge in [-0.3, -0.25) is 4.79 Å². The van der Waals surface area contributed by atoms with Crippen molar-refractivity contribution in [3.05, 3.63) is 65.7 Å². The van der Waals surface area contributed by atoms with Gasteiger partial charge in [0.1, 0.15) is 11.8 Å².